The van der Waals surface area contributed by atoms with Gasteiger partial charge in [0, 0.05) is 11.3 Å². The van der Waals surface area contributed by atoms with Gasteiger partial charge in [0.05, 0.1) is 36.5 Å². The number of carbonyl (C=O) groups excluding carboxylic acids is 2. The number of Topliss-reactive ketones (excluding diaryl/α,β-unsaturated/α-hetero) is 1. The molecule has 194 valence electrons. The van der Waals surface area contributed by atoms with Crippen LogP contribution in [0.1, 0.15) is 43.5 Å². The van der Waals surface area contributed by atoms with E-state index in [4.69, 9.17) is 9.47 Å². The molecule has 2 N–H and O–H groups in total. The summed E-state index contributed by atoms with van der Waals surface area (Å²) in [5.41, 5.74) is 1.45. The number of aliphatic hydroxyl groups excluding tert-OH is 1. The van der Waals surface area contributed by atoms with Gasteiger partial charge in [-0.2, -0.15) is 5.26 Å². The van der Waals surface area contributed by atoms with Crippen molar-refractivity contribution in [3.05, 3.63) is 89.0 Å². The number of anilines is 1. The summed E-state index contributed by atoms with van der Waals surface area (Å²) in [6, 6.07) is 18.4. The average molecular weight is 513 g/mol. The van der Waals surface area contributed by atoms with Crippen molar-refractivity contribution in [2.75, 3.05) is 18.1 Å². The summed E-state index contributed by atoms with van der Waals surface area (Å²) >= 11 is 0. The third-order valence-corrected chi connectivity index (χ3v) is 6.03. The van der Waals surface area contributed by atoms with Crippen LogP contribution >= 0.6 is 0 Å². The average Bonchev–Trinajstić information content (AvgIpc) is 3.18. The molecule has 3 aromatic carbocycles. The first-order chi connectivity index (χ1) is 18.2. The summed E-state index contributed by atoms with van der Waals surface area (Å²) in [5, 5.41) is 30.7. The van der Waals surface area contributed by atoms with E-state index in [2.05, 4.69) is 0 Å². The number of aromatic hydroxyl groups is 1. The van der Waals surface area contributed by atoms with E-state index in [1.807, 2.05) is 19.9 Å². The lowest BCUT2D eigenvalue weighted by molar-refractivity contribution is -0.132. The van der Waals surface area contributed by atoms with Crippen LogP contribution in [0.15, 0.2) is 72.3 Å². The lowest BCUT2D eigenvalue weighted by atomic mass is 9.94. The number of benzene rings is 3. The first-order valence-electron chi connectivity index (χ1n) is 12.2. The molecule has 0 saturated carbocycles. The Kier molecular flexibility index (Phi) is 7.68. The van der Waals surface area contributed by atoms with Gasteiger partial charge in [0.1, 0.15) is 11.5 Å². The van der Waals surface area contributed by atoms with Crippen molar-refractivity contribution in [1.29, 1.82) is 5.26 Å². The van der Waals surface area contributed by atoms with Gasteiger partial charge in [-0.05, 0) is 79.1 Å². The van der Waals surface area contributed by atoms with Gasteiger partial charge in [-0.25, -0.2) is 0 Å². The fourth-order valence-electron chi connectivity index (χ4n) is 4.21. The van der Waals surface area contributed by atoms with E-state index in [1.54, 1.807) is 67.6 Å². The van der Waals surface area contributed by atoms with Crippen molar-refractivity contribution >= 4 is 23.1 Å². The monoisotopic (exact) mass is 512 g/mol. The van der Waals surface area contributed by atoms with E-state index in [-0.39, 0.29) is 29.4 Å². The fourth-order valence-corrected chi connectivity index (χ4v) is 4.21. The van der Waals surface area contributed by atoms with E-state index < -0.39 is 17.7 Å². The Balaban J connectivity index is 1.85. The maximum Gasteiger partial charge on any atom is 0.300 e. The second kappa shape index (κ2) is 11.1. The lowest BCUT2D eigenvalue weighted by Crippen LogP contribution is -2.29. The van der Waals surface area contributed by atoms with Crippen molar-refractivity contribution in [3.8, 4) is 23.3 Å². The van der Waals surface area contributed by atoms with Crippen LogP contribution in [0.25, 0.3) is 5.76 Å². The first-order valence-corrected chi connectivity index (χ1v) is 12.2. The van der Waals surface area contributed by atoms with Crippen molar-refractivity contribution < 1.29 is 29.3 Å². The third-order valence-electron chi connectivity index (χ3n) is 6.03. The Hall–Kier alpha value is -4.77. The number of aliphatic hydroxyl groups is 1. The number of nitriles is 1. The first kappa shape index (κ1) is 26.3. The van der Waals surface area contributed by atoms with Crippen LogP contribution in [-0.4, -0.2) is 35.1 Å². The number of nitrogens with zero attached hydrogens (tertiary/aromatic N) is 2. The molecule has 8 nitrogen and oxygen atoms in total. The summed E-state index contributed by atoms with van der Waals surface area (Å²) in [5.74, 6) is -0.985. The summed E-state index contributed by atoms with van der Waals surface area (Å²) in [6.07, 6.45) is 0. The molecule has 1 amide bonds. The Labute approximate surface area is 221 Å². The van der Waals surface area contributed by atoms with Crippen LogP contribution in [0.5, 0.6) is 17.2 Å². The quantitative estimate of drug-likeness (QED) is 0.238. The van der Waals surface area contributed by atoms with Gasteiger partial charge in [-0.1, -0.05) is 19.9 Å². The molecule has 0 radical (unpaired) electrons. The molecule has 0 aromatic heterocycles. The normalized spacial score (nSPS) is 16.5. The van der Waals surface area contributed by atoms with E-state index in [9.17, 15) is 25.1 Å². The molecule has 0 aliphatic carbocycles. The zero-order chi connectivity index (χ0) is 27.4. The van der Waals surface area contributed by atoms with Crippen molar-refractivity contribution in [2.45, 2.75) is 26.8 Å². The zero-order valence-electron chi connectivity index (χ0n) is 21.3. The van der Waals surface area contributed by atoms with Crippen LogP contribution in [0.4, 0.5) is 5.69 Å². The molecule has 1 fully saturated rings. The fraction of sp³-hybridized carbons (Fsp3) is 0.233. The number of rotatable bonds is 8. The highest BCUT2D eigenvalue weighted by Crippen LogP contribution is 2.44. The number of hydrogen-bond donors (Lipinski definition) is 2. The number of phenols is 1. The van der Waals surface area contributed by atoms with Crippen LogP contribution in [0.3, 0.4) is 0 Å². The molecule has 38 heavy (non-hydrogen) atoms. The summed E-state index contributed by atoms with van der Waals surface area (Å²) < 4.78 is 11.2. The van der Waals surface area contributed by atoms with Gasteiger partial charge < -0.3 is 19.7 Å². The molecule has 0 bridgehead atoms. The molecule has 4 rings (SSSR count). The second-order valence-corrected chi connectivity index (χ2v) is 9.22. The SMILES string of the molecule is CCOc1cc(C2/C(=C(/O)c3ccc(OCC(C)C)cc3)C(=O)C(=O)N2c2ccc(C#N)cc2)ccc1O. The standard InChI is InChI=1S/C30H28N2O6/c1-4-37-25-15-21(9-14-24(25)33)27-26(28(34)20-7-12-23(13-8-20)38-17-18(2)3)29(35)30(36)32(27)22-10-5-19(16-31)6-11-22/h5-15,18,27,33-34H,4,17H2,1-3H3/b28-26-. The topological polar surface area (TPSA) is 120 Å². The van der Waals surface area contributed by atoms with E-state index in [1.165, 1.54) is 11.0 Å². The summed E-state index contributed by atoms with van der Waals surface area (Å²) in [7, 11) is 0. The summed E-state index contributed by atoms with van der Waals surface area (Å²) in [6.45, 7) is 6.66. The van der Waals surface area contributed by atoms with Gasteiger partial charge in [0.25, 0.3) is 11.7 Å². The van der Waals surface area contributed by atoms with Crippen molar-refractivity contribution in [3.63, 3.8) is 0 Å². The minimum absolute atomic E-state index is 0.0945. The Morgan fingerprint density at radius 2 is 1.71 bits per heavy atom. The van der Waals surface area contributed by atoms with E-state index >= 15 is 0 Å². The summed E-state index contributed by atoms with van der Waals surface area (Å²) in [4.78, 5) is 28.0. The van der Waals surface area contributed by atoms with Crippen LogP contribution in [0.2, 0.25) is 0 Å². The Morgan fingerprint density at radius 1 is 1.03 bits per heavy atom. The maximum absolute atomic E-state index is 13.4. The number of carbonyl (C=O) groups is 2. The number of phenolic OH excluding ortho intramolecular Hbond substituents is 1. The molecule has 3 aromatic rings. The highest BCUT2D eigenvalue weighted by molar-refractivity contribution is 6.51. The van der Waals surface area contributed by atoms with Crippen LogP contribution < -0.4 is 14.4 Å². The highest BCUT2D eigenvalue weighted by atomic mass is 16.5. The van der Waals surface area contributed by atoms with Gasteiger partial charge in [-0.3, -0.25) is 14.5 Å². The van der Waals surface area contributed by atoms with Crippen molar-refractivity contribution in [2.24, 2.45) is 5.92 Å². The highest BCUT2D eigenvalue weighted by Gasteiger charge is 2.47. The van der Waals surface area contributed by atoms with E-state index in [0.29, 0.717) is 40.7 Å². The van der Waals surface area contributed by atoms with Gasteiger partial charge >= 0.3 is 0 Å². The minimum atomic E-state index is -1.01. The molecule has 1 atom stereocenters. The molecular weight excluding hydrogens is 484 g/mol. The molecule has 1 unspecified atom stereocenters. The molecule has 8 heteroatoms. The smallest absolute Gasteiger partial charge is 0.300 e. The predicted octanol–water partition coefficient (Wildman–Crippen LogP) is 5.32. The number of ketones is 1. The molecule has 1 heterocycles. The minimum Gasteiger partial charge on any atom is -0.507 e. The van der Waals surface area contributed by atoms with Gasteiger partial charge in [-0.15, -0.1) is 0 Å². The molecule has 1 aliphatic heterocycles. The Morgan fingerprint density at radius 3 is 2.32 bits per heavy atom. The third kappa shape index (κ3) is 5.18. The van der Waals surface area contributed by atoms with E-state index in [0.717, 1.165) is 0 Å². The second-order valence-electron chi connectivity index (χ2n) is 9.22. The van der Waals surface area contributed by atoms with Crippen LogP contribution in [-0.2, 0) is 9.59 Å². The van der Waals surface area contributed by atoms with Gasteiger partial charge in [0.15, 0.2) is 11.5 Å². The zero-order valence-corrected chi connectivity index (χ0v) is 21.3. The number of ether oxygens (including phenoxy) is 2. The molecule has 0 spiro atoms. The number of amides is 1. The van der Waals surface area contributed by atoms with Gasteiger partial charge in [0.2, 0.25) is 0 Å². The molecule has 1 saturated heterocycles. The van der Waals surface area contributed by atoms with Crippen molar-refractivity contribution in [1.82, 2.24) is 0 Å². The molecular formula is C30H28N2O6. The largest absolute Gasteiger partial charge is 0.507 e. The predicted molar refractivity (Wildman–Crippen MR) is 142 cm³/mol. The van der Waals surface area contributed by atoms with Crippen LogP contribution in [0, 0.1) is 17.2 Å². The lowest BCUT2D eigenvalue weighted by Gasteiger charge is -2.26. The maximum atomic E-state index is 13.4. The Bertz CT molecular complexity index is 1420. The molecule has 1 aliphatic rings. The number of hydrogen-bond acceptors (Lipinski definition) is 7.